The Bertz CT molecular complexity index is 917. The number of alkyl halides is 1. The fraction of sp³-hybridized carbons (Fsp3) is 0.524. The molecule has 3 fully saturated rings. The van der Waals surface area contributed by atoms with Crippen molar-refractivity contribution in [3.8, 4) is 0 Å². The normalized spacial score (nSPS) is 34.1. The molecule has 9 heteroatoms. The van der Waals surface area contributed by atoms with Crippen molar-refractivity contribution in [3.63, 3.8) is 0 Å². The number of hydrogen-bond donors (Lipinski definition) is 0. The van der Waals surface area contributed by atoms with Gasteiger partial charge in [0.05, 0.1) is 10.6 Å². The lowest BCUT2D eigenvalue weighted by molar-refractivity contribution is -0.141. The van der Waals surface area contributed by atoms with Gasteiger partial charge in [0.2, 0.25) is 12.4 Å². The maximum atomic E-state index is 14.1. The quantitative estimate of drug-likeness (QED) is 0.546. The van der Waals surface area contributed by atoms with Crippen LogP contribution < -0.4 is 4.59 Å². The standard InChI is InChI=1S/C21H23ClN5O3/c1-13-5-4-8-15(9-13)27(12-23-24-25-27)19(14-6-2-3-7-14)21(29)26-10-16(22)20-18(26)17(28)11-30-20/h1,4-5,8-9,12,14,16,18-20H,2-3,6-7,10-11H2/q+1/t16-,18+,19?,20+,27?/m0/s1. The van der Waals surface area contributed by atoms with Gasteiger partial charge in [-0.25, -0.2) is 0 Å². The lowest BCUT2D eigenvalue weighted by Gasteiger charge is -2.36. The zero-order valence-corrected chi connectivity index (χ0v) is 17.2. The molecule has 3 heterocycles. The van der Waals surface area contributed by atoms with E-state index in [1.54, 1.807) is 23.4 Å². The first-order valence-corrected chi connectivity index (χ1v) is 10.7. The summed E-state index contributed by atoms with van der Waals surface area (Å²) in [5.74, 6) is -0.185. The largest absolute Gasteiger partial charge is 0.366 e. The first kappa shape index (κ1) is 19.8. The molecule has 0 spiro atoms. The first-order valence-electron chi connectivity index (χ1n) is 10.3. The predicted octanol–water partition coefficient (Wildman–Crippen LogP) is 2.72. The van der Waals surface area contributed by atoms with E-state index in [4.69, 9.17) is 23.3 Å². The molecule has 30 heavy (non-hydrogen) atoms. The second-order valence-electron chi connectivity index (χ2n) is 8.43. The van der Waals surface area contributed by atoms with E-state index in [-0.39, 0.29) is 35.4 Å². The van der Waals surface area contributed by atoms with Gasteiger partial charge in [-0.3, -0.25) is 9.59 Å². The molecule has 3 aliphatic heterocycles. The van der Waals surface area contributed by atoms with Crippen molar-refractivity contribution in [2.75, 3.05) is 13.2 Å². The minimum Gasteiger partial charge on any atom is -0.366 e. The minimum absolute atomic E-state index is 0.00713. The Morgan fingerprint density at radius 1 is 1.33 bits per heavy atom. The van der Waals surface area contributed by atoms with Gasteiger partial charge in [-0.05, 0) is 25.3 Å². The molecular weight excluding hydrogens is 406 g/mol. The SMILES string of the molecule is [CH]c1cccc([N+]2(C(C(=O)N3C[C@H](Cl)[C@H]4OCC(=O)[C@H]43)C3CCCC3)C=NN=N2)c1. The molecule has 5 rings (SSSR count). The Morgan fingerprint density at radius 3 is 2.83 bits per heavy atom. The van der Waals surface area contributed by atoms with Gasteiger partial charge < -0.3 is 9.64 Å². The van der Waals surface area contributed by atoms with Gasteiger partial charge in [0.1, 0.15) is 18.8 Å². The molecule has 5 atom stereocenters. The molecule has 8 nitrogen and oxygen atoms in total. The molecule has 0 bridgehead atoms. The smallest absolute Gasteiger partial charge is 0.285 e. The minimum atomic E-state index is -0.638. The van der Waals surface area contributed by atoms with Crippen molar-refractivity contribution in [3.05, 3.63) is 36.8 Å². The molecule has 1 amide bonds. The van der Waals surface area contributed by atoms with Crippen LogP contribution in [0.2, 0.25) is 0 Å². The summed E-state index contributed by atoms with van der Waals surface area (Å²) in [4.78, 5) is 28.2. The van der Waals surface area contributed by atoms with Crippen LogP contribution in [0.15, 0.2) is 39.8 Å². The summed E-state index contributed by atoms with van der Waals surface area (Å²) in [5, 5.41) is 11.9. The number of quaternary nitrogens is 1. The predicted molar refractivity (Wildman–Crippen MR) is 111 cm³/mol. The monoisotopic (exact) mass is 428 g/mol. The van der Waals surface area contributed by atoms with E-state index in [2.05, 4.69) is 15.5 Å². The third kappa shape index (κ3) is 3.01. The summed E-state index contributed by atoms with van der Waals surface area (Å²) in [6.07, 6.45) is 5.03. The molecule has 0 aromatic heterocycles. The summed E-state index contributed by atoms with van der Waals surface area (Å²) < 4.78 is 5.40. The Balaban J connectivity index is 1.59. The second kappa shape index (κ2) is 7.51. The topological polar surface area (TPSA) is 83.7 Å². The highest BCUT2D eigenvalue weighted by atomic mass is 35.5. The van der Waals surface area contributed by atoms with Gasteiger partial charge in [-0.2, -0.15) is 0 Å². The van der Waals surface area contributed by atoms with Crippen LogP contribution in [0, 0.1) is 12.8 Å². The lowest BCUT2D eigenvalue weighted by Crippen LogP contribution is -2.62. The molecule has 2 radical (unpaired) electrons. The number of halogens is 1. The van der Waals surface area contributed by atoms with Crippen LogP contribution >= 0.6 is 11.6 Å². The number of carbonyl (C=O) groups excluding carboxylic acids is 2. The van der Waals surface area contributed by atoms with E-state index < -0.39 is 23.6 Å². The molecule has 1 aromatic carbocycles. The van der Waals surface area contributed by atoms with Gasteiger partial charge >= 0.3 is 0 Å². The average molecular weight is 429 g/mol. The molecule has 4 aliphatic rings. The molecule has 2 unspecified atom stereocenters. The van der Waals surface area contributed by atoms with E-state index in [1.165, 1.54) is 0 Å². The Morgan fingerprint density at radius 2 is 2.13 bits per heavy atom. The van der Waals surface area contributed by atoms with Crippen LogP contribution in [0.4, 0.5) is 5.69 Å². The molecule has 0 N–H and O–H groups in total. The Hall–Kier alpha value is -2.16. The van der Waals surface area contributed by atoms with Crippen molar-refractivity contribution in [2.45, 2.75) is 49.2 Å². The summed E-state index contributed by atoms with van der Waals surface area (Å²) in [6.45, 7) is 6.31. The zero-order chi connectivity index (χ0) is 20.9. The zero-order valence-electron chi connectivity index (χ0n) is 16.4. The number of hydrogen-bond acceptors (Lipinski definition) is 6. The van der Waals surface area contributed by atoms with Gasteiger partial charge in [0, 0.05) is 29.8 Å². The molecule has 1 saturated carbocycles. The fourth-order valence-electron chi connectivity index (χ4n) is 5.33. The third-order valence-electron chi connectivity index (χ3n) is 6.68. The number of nitrogens with zero attached hydrogens (tertiary/aromatic N) is 5. The summed E-state index contributed by atoms with van der Waals surface area (Å²) in [6, 6.07) is 6.06. The van der Waals surface area contributed by atoms with Gasteiger partial charge in [-0.15, -0.1) is 11.6 Å². The molecule has 156 valence electrons. The van der Waals surface area contributed by atoms with Crippen molar-refractivity contribution in [1.82, 2.24) is 9.49 Å². The number of carbonyl (C=O) groups is 2. The highest BCUT2D eigenvalue weighted by molar-refractivity contribution is 6.22. The first-order chi connectivity index (χ1) is 14.5. The second-order valence-corrected chi connectivity index (χ2v) is 8.99. The highest BCUT2D eigenvalue weighted by Crippen LogP contribution is 2.41. The maximum absolute atomic E-state index is 14.1. The van der Waals surface area contributed by atoms with Crippen molar-refractivity contribution < 1.29 is 14.3 Å². The van der Waals surface area contributed by atoms with Crippen LogP contribution in [0.5, 0.6) is 0 Å². The number of amides is 1. The number of likely N-dealkylation sites (tertiary alicyclic amines) is 1. The van der Waals surface area contributed by atoms with Crippen LogP contribution in [-0.2, 0) is 14.3 Å². The van der Waals surface area contributed by atoms with Crippen LogP contribution in [-0.4, -0.2) is 59.6 Å². The highest BCUT2D eigenvalue weighted by Gasteiger charge is 2.59. The van der Waals surface area contributed by atoms with E-state index >= 15 is 0 Å². The fourth-order valence-corrected chi connectivity index (χ4v) is 5.69. The maximum Gasteiger partial charge on any atom is 0.285 e. The van der Waals surface area contributed by atoms with E-state index in [0.717, 1.165) is 31.4 Å². The molecule has 2 saturated heterocycles. The molecular formula is C21H23ClN5O3+. The van der Waals surface area contributed by atoms with Crippen LogP contribution in [0.3, 0.4) is 0 Å². The summed E-state index contributed by atoms with van der Waals surface area (Å²) in [7, 11) is 0. The van der Waals surface area contributed by atoms with Gasteiger partial charge in [-0.1, -0.05) is 34.7 Å². The average Bonchev–Trinajstić information content (AvgIpc) is 3.51. The van der Waals surface area contributed by atoms with Gasteiger partial charge in [0.25, 0.3) is 5.91 Å². The number of fused-ring (bicyclic) bond motifs is 1. The van der Waals surface area contributed by atoms with Crippen molar-refractivity contribution in [1.29, 1.82) is 0 Å². The lowest BCUT2D eigenvalue weighted by atomic mass is 9.93. The van der Waals surface area contributed by atoms with E-state index in [9.17, 15) is 9.59 Å². The number of Topliss-reactive ketones (excluding diaryl/α,β-unsaturated/α-hetero) is 1. The number of rotatable bonds is 4. The third-order valence-corrected chi connectivity index (χ3v) is 7.07. The van der Waals surface area contributed by atoms with Crippen LogP contribution in [0.1, 0.15) is 31.2 Å². The number of benzene rings is 1. The summed E-state index contributed by atoms with van der Waals surface area (Å²) >= 11 is 6.45. The van der Waals surface area contributed by atoms with Crippen LogP contribution in [0.25, 0.3) is 0 Å². The molecule has 1 aromatic rings. The Labute approximate surface area is 180 Å². The van der Waals surface area contributed by atoms with Crippen molar-refractivity contribution in [2.24, 2.45) is 21.5 Å². The number of ether oxygens (including phenoxy) is 1. The van der Waals surface area contributed by atoms with E-state index in [1.807, 2.05) is 12.1 Å². The Kier molecular flexibility index (Phi) is 4.95. The van der Waals surface area contributed by atoms with E-state index in [0.29, 0.717) is 5.56 Å². The molecule has 1 aliphatic carbocycles. The van der Waals surface area contributed by atoms with Crippen molar-refractivity contribution >= 4 is 35.3 Å². The van der Waals surface area contributed by atoms with Gasteiger partial charge in [0.15, 0.2) is 11.5 Å². The summed E-state index contributed by atoms with van der Waals surface area (Å²) in [5.41, 5.74) is 1.29. The number of ketones is 1.